The second-order valence-electron chi connectivity index (χ2n) is 8.47. The van der Waals surface area contributed by atoms with Gasteiger partial charge in [-0.25, -0.2) is 13.4 Å². The van der Waals surface area contributed by atoms with E-state index < -0.39 is 10.0 Å². The molecule has 1 N–H and O–H groups in total. The largest absolute Gasteiger partial charge is 0.321 e. The Labute approximate surface area is 203 Å². The van der Waals surface area contributed by atoms with Gasteiger partial charge in [-0.1, -0.05) is 36.8 Å². The predicted molar refractivity (Wildman–Crippen MR) is 137 cm³/mol. The third-order valence-electron chi connectivity index (χ3n) is 6.14. The molecule has 1 fully saturated rings. The Morgan fingerprint density at radius 1 is 1.03 bits per heavy atom. The van der Waals surface area contributed by atoms with Gasteiger partial charge < -0.3 is 5.32 Å². The quantitative estimate of drug-likeness (QED) is 0.384. The summed E-state index contributed by atoms with van der Waals surface area (Å²) in [4.78, 5) is 18.0. The van der Waals surface area contributed by atoms with Crippen LogP contribution in [0.4, 0.5) is 5.69 Å². The summed E-state index contributed by atoms with van der Waals surface area (Å²) in [5.41, 5.74) is 2.66. The van der Waals surface area contributed by atoms with Crippen molar-refractivity contribution in [1.82, 2.24) is 9.29 Å². The number of amides is 1. The molecule has 1 unspecified atom stereocenters. The van der Waals surface area contributed by atoms with Crippen LogP contribution in [0.1, 0.15) is 36.5 Å². The van der Waals surface area contributed by atoms with Crippen molar-refractivity contribution in [2.45, 2.75) is 37.1 Å². The molecule has 1 saturated heterocycles. The third-order valence-corrected chi connectivity index (χ3v) is 9.22. The van der Waals surface area contributed by atoms with Crippen LogP contribution in [0.5, 0.6) is 0 Å². The van der Waals surface area contributed by atoms with Crippen molar-refractivity contribution < 1.29 is 13.2 Å². The average molecular weight is 492 g/mol. The van der Waals surface area contributed by atoms with E-state index in [0.717, 1.165) is 40.1 Å². The van der Waals surface area contributed by atoms with Crippen molar-refractivity contribution in [3.8, 4) is 10.6 Å². The summed E-state index contributed by atoms with van der Waals surface area (Å²) in [6, 6.07) is 21.7. The SMILES string of the molecule is CC1CCCCN1S(=O)(=O)c1cccc(C(=O)Nc2ccccc2-c2nc3ccccc3s2)c1. The van der Waals surface area contributed by atoms with Gasteiger partial charge >= 0.3 is 0 Å². The maximum Gasteiger partial charge on any atom is 0.255 e. The maximum atomic E-state index is 13.2. The Morgan fingerprint density at radius 2 is 1.82 bits per heavy atom. The van der Waals surface area contributed by atoms with Crippen molar-refractivity contribution in [1.29, 1.82) is 0 Å². The number of anilines is 1. The summed E-state index contributed by atoms with van der Waals surface area (Å²) in [6.07, 6.45) is 2.73. The molecule has 6 nitrogen and oxygen atoms in total. The minimum Gasteiger partial charge on any atom is -0.321 e. The molecule has 0 radical (unpaired) electrons. The normalized spacial score (nSPS) is 17.0. The van der Waals surface area contributed by atoms with E-state index in [0.29, 0.717) is 17.8 Å². The number of carbonyl (C=O) groups excluding carboxylic acids is 1. The number of thiazole rings is 1. The van der Waals surface area contributed by atoms with Gasteiger partial charge in [0.15, 0.2) is 0 Å². The summed E-state index contributed by atoms with van der Waals surface area (Å²) in [5.74, 6) is -0.364. The third kappa shape index (κ3) is 4.36. The van der Waals surface area contributed by atoms with Crippen LogP contribution in [0.2, 0.25) is 0 Å². The van der Waals surface area contributed by atoms with Gasteiger partial charge in [-0.15, -0.1) is 11.3 Å². The molecule has 4 aromatic rings. The van der Waals surface area contributed by atoms with E-state index >= 15 is 0 Å². The number of aromatic nitrogens is 1. The second-order valence-corrected chi connectivity index (χ2v) is 11.4. The van der Waals surface area contributed by atoms with Crippen LogP contribution in [0.3, 0.4) is 0 Å². The predicted octanol–water partition coefficient (Wildman–Crippen LogP) is 5.78. The van der Waals surface area contributed by atoms with E-state index in [1.807, 2.05) is 55.5 Å². The fourth-order valence-electron chi connectivity index (χ4n) is 4.32. The van der Waals surface area contributed by atoms with Gasteiger partial charge in [0.25, 0.3) is 5.91 Å². The Bertz CT molecular complexity index is 1430. The van der Waals surface area contributed by atoms with Crippen LogP contribution >= 0.6 is 11.3 Å². The summed E-state index contributed by atoms with van der Waals surface area (Å²) < 4.78 is 29.1. The monoisotopic (exact) mass is 491 g/mol. The number of fused-ring (bicyclic) bond motifs is 1. The molecule has 0 aliphatic carbocycles. The first-order valence-electron chi connectivity index (χ1n) is 11.3. The number of para-hydroxylation sites is 2. The van der Waals surface area contributed by atoms with E-state index in [-0.39, 0.29) is 16.8 Å². The van der Waals surface area contributed by atoms with E-state index in [1.165, 1.54) is 6.07 Å². The molecule has 8 heteroatoms. The van der Waals surface area contributed by atoms with Crippen LogP contribution in [0.25, 0.3) is 20.8 Å². The van der Waals surface area contributed by atoms with Crippen LogP contribution < -0.4 is 5.32 Å². The molecule has 1 aromatic heterocycles. The Kier molecular flexibility index (Phi) is 6.20. The van der Waals surface area contributed by atoms with Gasteiger partial charge in [-0.3, -0.25) is 4.79 Å². The Balaban J connectivity index is 1.43. The molecule has 2 heterocycles. The molecule has 1 amide bonds. The molecular weight excluding hydrogens is 466 g/mol. The highest BCUT2D eigenvalue weighted by Crippen LogP contribution is 2.34. The summed E-state index contributed by atoms with van der Waals surface area (Å²) in [6.45, 7) is 2.45. The lowest BCUT2D eigenvalue weighted by atomic mass is 10.1. The second kappa shape index (κ2) is 9.29. The molecule has 5 rings (SSSR count). The van der Waals surface area contributed by atoms with Crippen LogP contribution in [-0.2, 0) is 10.0 Å². The Morgan fingerprint density at radius 3 is 2.65 bits per heavy atom. The van der Waals surface area contributed by atoms with E-state index in [4.69, 9.17) is 4.98 Å². The standard InChI is InChI=1S/C26H25N3O3S2/c1-18-9-6-7-16-29(18)34(31,32)20-11-8-10-19(17-20)25(30)27-22-13-3-2-12-21(22)26-28-23-14-4-5-15-24(23)33-26/h2-5,8,10-15,17-18H,6-7,9,16H2,1H3,(H,27,30). The van der Waals surface area contributed by atoms with Crippen molar-refractivity contribution in [2.24, 2.45) is 0 Å². The van der Waals surface area contributed by atoms with Crippen LogP contribution in [-0.4, -0.2) is 36.2 Å². The highest BCUT2D eigenvalue weighted by molar-refractivity contribution is 7.89. The first-order chi connectivity index (χ1) is 16.4. The Hall–Kier alpha value is -3.07. The number of hydrogen-bond donors (Lipinski definition) is 1. The number of sulfonamides is 1. The zero-order valence-electron chi connectivity index (χ0n) is 18.8. The van der Waals surface area contributed by atoms with E-state index in [9.17, 15) is 13.2 Å². The molecule has 1 atom stereocenters. The number of rotatable bonds is 5. The fourth-order valence-corrected chi connectivity index (χ4v) is 7.07. The van der Waals surface area contributed by atoms with Gasteiger partial charge in [0, 0.05) is 23.7 Å². The minimum absolute atomic E-state index is 0.0445. The van der Waals surface area contributed by atoms with E-state index in [2.05, 4.69) is 5.32 Å². The smallest absolute Gasteiger partial charge is 0.255 e. The van der Waals surface area contributed by atoms with Gasteiger partial charge in [0.05, 0.1) is 20.8 Å². The minimum atomic E-state index is -3.66. The van der Waals surface area contributed by atoms with Gasteiger partial charge in [-0.05, 0) is 62.2 Å². The average Bonchev–Trinajstić information content (AvgIpc) is 3.29. The van der Waals surface area contributed by atoms with Gasteiger partial charge in [-0.2, -0.15) is 4.31 Å². The summed E-state index contributed by atoms with van der Waals surface area (Å²) in [5, 5.41) is 3.77. The molecular formula is C26H25N3O3S2. The summed E-state index contributed by atoms with van der Waals surface area (Å²) >= 11 is 1.56. The van der Waals surface area contributed by atoms with Crippen molar-refractivity contribution in [3.63, 3.8) is 0 Å². The number of hydrogen-bond acceptors (Lipinski definition) is 5. The number of benzene rings is 3. The topological polar surface area (TPSA) is 79.4 Å². The molecule has 174 valence electrons. The first kappa shape index (κ1) is 22.7. The molecule has 3 aromatic carbocycles. The van der Waals surface area contributed by atoms with Crippen LogP contribution in [0, 0.1) is 0 Å². The van der Waals surface area contributed by atoms with Crippen molar-refractivity contribution in [3.05, 3.63) is 78.4 Å². The number of nitrogens with zero attached hydrogens (tertiary/aromatic N) is 2. The van der Waals surface area contributed by atoms with Gasteiger partial charge in [0.2, 0.25) is 10.0 Å². The van der Waals surface area contributed by atoms with Crippen LogP contribution in [0.15, 0.2) is 77.7 Å². The number of carbonyl (C=O) groups is 1. The zero-order valence-corrected chi connectivity index (χ0v) is 20.4. The lowest BCUT2D eigenvalue weighted by molar-refractivity contribution is 0.102. The van der Waals surface area contributed by atoms with E-state index in [1.54, 1.807) is 33.8 Å². The zero-order chi connectivity index (χ0) is 23.7. The highest BCUT2D eigenvalue weighted by Gasteiger charge is 2.31. The fraction of sp³-hybridized carbons (Fsp3) is 0.231. The molecule has 1 aliphatic rings. The molecule has 0 spiro atoms. The number of piperidine rings is 1. The number of nitrogens with one attached hydrogen (secondary N) is 1. The lowest BCUT2D eigenvalue weighted by Gasteiger charge is -2.32. The van der Waals surface area contributed by atoms with Crippen molar-refractivity contribution in [2.75, 3.05) is 11.9 Å². The molecule has 0 saturated carbocycles. The molecule has 0 bridgehead atoms. The highest BCUT2D eigenvalue weighted by atomic mass is 32.2. The first-order valence-corrected chi connectivity index (χ1v) is 13.6. The molecule has 34 heavy (non-hydrogen) atoms. The lowest BCUT2D eigenvalue weighted by Crippen LogP contribution is -2.41. The van der Waals surface area contributed by atoms with Crippen molar-refractivity contribution >= 4 is 43.2 Å². The summed E-state index contributed by atoms with van der Waals surface area (Å²) in [7, 11) is -3.66. The molecule has 1 aliphatic heterocycles. The van der Waals surface area contributed by atoms with Gasteiger partial charge in [0.1, 0.15) is 5.01 Å². The maximum absolute atomic E-state index is 13.2.